The lowest BCUT2D eigenvalue weighted by Crippen LogP contribution is -2.46. The van der Waals surface area contributed by atoms with E-state index in [-0.39, 0.29) is 28.8 Å². The van der Waals surface area contributed by atoms with Gasteiger partial charge >= 0.3 is 12.4 Å². The zero-order valence-corrected chi connectivity index (χ0v) is 21.7. The largest absolute Gasteiger partial charge is 0.416 e. The summed E-state index contributed by atoms with van der Waals surface area (Å²) in [5.41, 5.74) is -0.336. The van der Waals surface area contributed by atoms with Crippen LogP contribution in [0.15, 0.2) is 78.9 Å². The number of hydrogen-bond acceptors (Lipinski definition) is 4. The number of benzene rings is 3. The van der Waals surface area contributed by atoms with Crippen molar-refractivity contribution < 1.29 is 35.9 Å². The van der Waals surface area contributed by atoms with Gasteiger partial charge in [0.25, 0.3) is 11.8 Å². The molecule has 214 valence electrons. The molecule has 0 bridgehead atoms. The Balaban J connectivity index is 1.19. The molecule has 1 saturated heterocycles. The van der Waals surface area contributed by atoms with E-state index in [1.54, 1.807) is 12.1 Å². The highest BCUT2D eigenvalue weighted by Crippen LogP contribution is 2.36. The predicted octanol–water partition coefficient (Wildman–Crippen LogP) is 6.37. The summed E-state index contributed by atoms with van der Waals surface area (Å²) >= 11 is 0. The Kier molecular flexibility index (Phi) is 7.65. The first-order chi connectivity index (χ1) is 19.4. The minimum absolute atomic E-state index is 0.00141. The molecule has 2 amide bonds. The minimum Gasteiger partial charge on any atom is -0.369 e. The maximum atomic E-state index is 13.2. The minimum atomic E-state index is -4.55. The first-order valence-corrected chi connectivity index (χ1v) is 12.9. The van der Waals surface area contributed by atoms with Gasteiger partial charge in [0, 0.05) is 45.0 Å². The van der Waals surface area contributed by atoms with Crippen LogP contribution >= 0.6 is 0 Å². The molecule has 0 aliphatic carbocycles. The third-order valence-corrected chi connectivity index (χ3v) is 7.23. The number of hydrogen-bond donors (Lipinski definition) is 0. The lowest BCUT2D eigenvalue weighted by Gasteiger charge is -2.35. The molecule has 2 aliphatic rings. The summed E-state index contributed by atoms with van der Waals surface area (Å²) in [5, 5.41) is 0. The molecule has 2 heterocycles. The second-order valence-corrected chi connectivity index (χ2v) is 9.83. The topological polar surface area (TPSA) is 43.9 Å². The summed E-state index contributed by atoms with van der Waals surface area (Å²) in [7, 11) is 0. The number of piperazine rings is 1. The van der Waals surface area contributed by atoms with Gasteiger partial charge in [0.05, 0.1) is 22.3 Å². The van der Waals surface area contributed by atoms with Gasteiger partial charge in [-0.2, -0.15) is 26.3 Å². The van der Waals surface area contributed by atoms with Gasteiger partial charge in [0.2, 0.25) is 0 Å². The molecular formula is C30H25F6N3O2. The fourth-order valence-electron chi connectivity index (χ4n) is 5.07. The lowest BCUT2D eigenvalue weighted by atomic mass is 9.95. The molecule has 0 saturated carbocycles. The number of nitrogens with zero attached hydrogens (tertiary/aromatic N) is 3. The molecule has 0 N–H and O–H groups in total. The number of carbonyl (C=O) groups is 2. The van der Waals surface area contributed by atoms with Gasteiger partial charge in [0.15, 0.2) is 0 Å². The third kappa shape index (κ3) is 6.00. The Bertz CT molecular complexity index is 1490. The van der Waals surface area contributed by atoms with Crippen LogP contribution in [0.2, 0.25) is 0 Å². The van der Waals surface area contributed by atoms with Gasteiger partial charge in [0.1, 0.15) is 0 Å². The molecule has 5 rings (SSSR count). The predicted molar refractivity (Wildman–Crippen MR) is 141 cm³/mol. The number of imide groups is 1. The van der Waals surface area contributed by atoms with E-state index in [1.807, 2.05) is 11.0 Å². The van der Waals surface area contributed by atoms with Crippen molar-refractivity contribution in [2.24, 2.45) is 0 Å². The van der Waals surface area contributed by atoms with Crippen LogP contribution in [-0.4, -0.2) is 60.9 Å². The summed E-state index contributed by atoms with van der Waals surface area (Å²) < 4.78 is 78.8. The molecular weight excluding hydrogens is 548 g/mol. The van der Waals surface area contributed by atoms with Crippen LogP contribution in [0.5, 0.6) is 0 Å². The second-order valence-electron chi connectivity index (χ2n) is 9.83. The van der Waals surface area contributed by atoms with Crippen molar-refractivity contribution in [3.8, 4) is 11.1 Å². The van der Waals surface area contributed by atoms with Crippen LogP contribution in [0.25, 0.3) is 11.1 Å². The number of rotatable bonds is 6. The molecule has 0 unspecified atom stereocenters. The molecule has 3 aromatic rings. The molecule has 2 aliphatic heterocycles. The van der Waals surface area contributed by atoms with Crippen LogP contribution in [0.1, 0.15) is 31.8 Å². The Morgan fingerprint density at radius 2 is 1.24 bits per heavy atom. The van der Waals surface area contributed by atoms with E-state index < -0.39 is 35.3 Å². The normalized spacial score (nSPS) is 16.6. The Morgan fingerprint density at radius 1 is 0.659 bits per heavy atom. The first kappa shape index (κ1) is 28.4. The molecule has 11 heteroatoms. The van der Waals surface area contributed by atoms with Gasteiger partial charge < -0.3 is 4.90 Å². The lowest BCUT2D eigenvalue weighted by molar-refractivity contribution is -0.138. The number of anilines is 1. The number of amides is 2. The highest BCUT2D eigenvalue weighted by molar-refractivity contribution is 6.24. The first-order valence-electron chi connectivity index (χ1n) is 12.9. The molecule has 3 aromatic carbocycles. The highest BCUT2D eigenvalue weighted by atomic mass is 19.4. The van der Waals surface area contributed by atoms with Crippen molar-refractivity contribution in [3.05, 3.63) is 101 Å². The maximum absolute atomic E-state index is 13.2. The van der Waals surface area contributed by atoms with Crippen molar-refractivity contribution in [1.82, 2.24) is 9.80 Å². The van der Waals surface area contributed by atoms with Crippen molar-refractivity contribution >= 4 is 17.5 Å². The van der Waals surface area contributed by atoms with E-state index in [2.05, 4.69) is 4.90 Å². The summed E-state index contributed by atoms with van der Waals surface area (Å²) in [6.07, 6.45) is -5.45. The highest BCUT2D eigenvalue weighted by Gasteiger charge is 2.37. The van der Waals surface area contributed by atoms with Gasteiger partial charge in [-0.25, -0.2) is 0 Å². The molecule has 5 nitrogen and oxygen atoms in total. The van der Waals surface area contributed by atoms with Crippen molar-refractivity contribution in [1.29, 1.82) is 0 Å². The molecule has 41 heavy (non-hydrogen) atoms. The van der Waals surface area contributed by atoms with E-state index >= 15 is 0 Å². The fourth-order valence-corrected chi connectivity index (χ4v) is 5.07. The number of halogens is 6. The maximum Gasteiger partial charge on any atom is 0.416 e. The average Bonchev–Trinajstić information content (AvgIpc) is 3.19. The van der Waals surface area contributed by atoms with Crippen molar-refractivity contribution in [3.63, 3.8) is 0 Å². The molecule has 0 spiro atoms. The summed E-state index contributed by atoms with van der Waals surface area (Å²) in [6.45, 7) is 2.85. The molecule has 1 fully saturated rings. The van der Waals surface area contributed by atoms with Crippen LogP contribution in [0, 0.1) is 0 Å². The zero-order valence-electron chi connectivity index (χ0n) is 21.7. The van der Waals surface area contributed by atoms with E-state index in [9.17, 15) is 35.9 Å². The molecule has 0 radical (unpaired) electrons. The Morgan fingerprint density at radius 3 is 1.93 bits per heavy atom. The van der Waals surface area contributed by atoms with Crippen molar-refractivity contribution in [2.75, 3.05) is 44.2 Å². The van der Waals surface area contributed by atoms with Gasteiger partial charge in [-0.1, -0.05) is 42.5 Å². The van der Waals surface area contributed by atoms with Gasteiger partial charge in [-0.3, -0.25) is 19.4 Å². The Labute approximate surface area is 232 Å². The monoisotopic (exact) mass is 573 g/mol. The van der Waals surface area contributed by atoms with E-state index in [1.165, 1.54) is 36.4 Å². The summed E-state index contributed by atoms with van der Waals surface area (Å²) in [6, 6.07) is 14.4. The van der Waals surface area contributed by atoms with Crippen LogP contribution < -0.4 is 4.90 Å². The van der Waals surface area contributed by atoms with Crippen LogP contribution in [-0.2, 0) is 12.4 Å². The fraction of sp³-hybridized carbons (Fsp3) is 0.267. The number of carbonyl (C=O) groups excluding carboxylic acids is 2. The van der Waals surface area contributed by atoms with Crippen molar-refractivity contribution in [2.45, 2.75) is 12.4 Å². The van der Waals surface area contributed by atoms with Crippen LogP contribution in [0.3, 0.4) is 0 Å². The van der Waals surface area contributed by atoms with E-state index in [0.29, 0.717) is 38.4 Å². The van der Waals surface area contributed by atoms with Crippen LogP contribution in [0.4, 0.5) is 32.0 Å². The van der Waals surface area contributed by atoms with Gasteiger partial charge in [-0.05, 0) is 47.5 Å². The average molecular weight is 574 g/mol. The quantitative estimate of drug-likeness (QED) is 0.196. The zero-order chi connectivity index (χ0) is 29.4. The van der Waals surface area contributed by atoms with E-state index in [0.717, 1.165) is 29.2 Å². The summed E-state index contributed by atoms with van der Waals surface area (Å²) in [4.78, 5) is 31.2. The number of alkyl halides is 6. The SMILES string of the molecule is O=C1c2cccc(-c3cccc(C(F)(F)F)c3)c2C(=O)N1CC=CCN1CCN(c2cccc(C(F)(F)F)c2)CC1. The number of fused-ring (bicyclic) bond motifs is 1. The second kappa shape index (κ2) is 11.0. The van der Waals surface area contributed by atoms with Gasteiger partial charge in [-0.15, -0.1) is 0 Å². The standard InChI is InChI=1S/C30H25F6N3O2/c31-29(32,33)21-7-3-6-20(18-21)24-10-5-11-25-26(24)28(41)39(27(25)40)13-2-1-12-37-14-16-38(17-15-37)23-9-4-8-22(19-23)30(34,35)36/h1-11,18-19H,12-17H2. The summed E-state index contributed by atoms with van der Waals surface area (Å²) in [5.74, 6) is -1.09. The molecule has 0 aromatic heterocycles. The Hall–Kier alpha value is -4.12. The third-order valence-electron chi connectivity index (χ3n) is 7.23. The van der Waals surface area contributed by atoms with E-state index in [4.69, 9.17) is 0 Å². The molecule has 0 atom stereocenters. The smallest absolute Gasteiger partial charge is 0.369 e.